The van der Waals surface area contributed by atoms with E-state index >= 15 is 0 Å². The van der Waals surface area contributed by atoms with Gasteiger partial charge in [-0.25, -0.2) is 0 Å². The zero-order valence-electron chi connectivity index (χ0n) is 15.2. The SMILES string of the molecule is CCN1C2CCC1CC(OC(=O)C1CCCC=C1c1ccccc1)C2. The van der Waals surface area contributed by atoms with Crippen LogP contribution in [0.1, 0.15) is 57.4 Å². The highest BCUT2D eigenvalue weighted by atomic mass is 16.5. The Morgan fingerprint density at radius 1 is 1.12 bits per heavy atom. The fourth-order valence-electron chi connectivity index (χ4n) is 5.15. The molecule has 3 aliphatic rings. The molecule has 0 amide bonds. The van der Waals surface area contributed by atoms with Crippen LogP contribution < -0.4 is 0 Å². The lowest BCUT2D eigenvalue weighted by atomic mass is 9.83. The van der Waals surface area contributed by atoms with Gasteiger partial charge >= 0.3 is 5.97 Å². The highest BCUT2D eigenvalue weighted by Gasteiger charge is 2.41. The second-order valence-corrected chi connectivity index (χ2v) is 7.75. The summed E-state index contributed by atoms with van der Waals surface area (Å²) in [7, 11) is 0. The molecule has 2 fully saturated rings. The summed E-state index contributed by atoms with van der Waals surface area (Å²) in [5.41, 5.74) is 2.34. The summed E-state index contributed by atoms with van der Waals surface area (Å²) < 4.78 is 6.05. The topological polar surface area (TPSA) is 29.5 Å². The highest BCUT2D eigenvalue weighted by Crippen LogP contribution is 2.38. The maximum Gasteiger partial charge on any atom is 0.313 e. The predicted molar refractivity (Wildman–Crippen MR) is 100 cm³/mol. The Kier molecular flexibility index (Phi) is 4.93. The third-order valence-electron chi connectivity index (χ3n) is 6.32. The molecule has 0 spiro atoms. The van der Waals surface area contributed by atoms with Crippen LogP contribution >= 0.6 is 0 Å². The van der Waals surface area contributed by atoms with Gasteiger partial charge in [0.15, 0.2) is 0 Å². The first-order valence-corrected chi connectivity index (χ1v) is 9.98. The van der Waals surface area contributed by atoms with Crippen LogP contribution in [0, 0.1) is 5.92 Å². The summed E-state index contributed by atoms with van der Waals surface area (Å²) in [4.78, 5) is 15.6. The largest absolute Gasteiger partial charge is 0.462 e. The first kappa shape index (κ1) is 16.8. The zero-order chi connectivity index (χ0) is 17.2. The maximum absolute atomic E-state index is 13.0. The summed E-state index contributed by atoms with van der Waals surface area (Å²) in [5, 5.41) is 0. The normalized spacial score (nSPS) is 32.3. The minimum atomic E-state index is -0.0852. The van der Waals surface area contributed by atoms with Crippen molar-refractivity contribution in [2.45, 2.75) is 70.1 Å². The molecule has 3 atom stereocenters. The molecule has 0 aromatic heterocycles. The van der Waals surface area contributed by atoms with E-state index in [9.17, 15) is 4.79 Å². The van der Waals surface area contributed by atoms with Crippen molar-refractivity contribution in [2.24, 2.45) is 5.92 Å². The number of fused-ring (bicyclic) bond motifs is 2. The lowest BCUT2D eigenvalue weighted by Crippen LogP contribution is -2.46. The number of carbonyl (C=O) groups excluding carboxylic acids is 1. The lowest BCUT2D eigenvalue weighted by Gasteiger charge is -2.38. The van der Waals surface area contributed by atoms with Gasteiger partial charge in [-0.1, -0.05) is 43.3 Å². The van der Waals surface area contributed by atoms with E-state index in [-0.39, 0.29) is 18.0 Å². The number of piperidine rings is 1. The number of benzene rings is 1. The van der Waals surface area contributed by atoms with Crippen molar-refractivity contribution < 1.29 is 9.53 Å². The number of carbonyl (C=O) groups is 1. The Hall–Kier alpha value is -1.61. The second-order valence-electron chi connectivity index (χ2n) is 7.75. The number of esters is 1. The van der Waals surface area contributed by atoms with E-state index in [1.807, 2.05) is 18.2 Å². The quantitative estimate of drug-likeness (QED) is 0.760. The number of ether oxygens (including phenoxy) is 1. The van der Waals surface area contributed by atoms with Crippen molar-refractivity contribution >= 4 is 11.5 Å². The fourth-order valence-corrected chi connectivity index (χ4v) is 5.15. The molecular weight excluding hydrogens is 310 g/mol. The Bertz CT molecular complexity index is 625. The average molecular weight is 339 g/mol. The van der Waals surface area contributed by atoms with Gasteiger partial charge in [-0.05, 0) is 49.8 Å². The molecule has 2 heterocycles. The lowest BCUT2D eigenvalue weighted by molar-refractivity contribution is -0.155. The molecule has 4 rings (SSSR count). The standard InChI is InChI=1S/C22H29NO2/c1-2-23-17-12-13-18(23)15-19(14-17)25-22(24)21-11-7-6-10-20(21)16-8-4-3-5-9-16/h3-5,8-10,17-19,21H,2,6-7,11-15H2,1H3. The molecule has 2 saturated heterocycles. The van der Waals surface area contributed by atoms with Gasteiger partial charge in [-0.2, -0.15) is 0 Å². The molecule has 0 radical (unpaired) electrons. The molecule has 3 heteroatoms. The van der Waals surface area contributed by atoms with Crippen LogP contribution in [0.3, 0.4) is 0 Å². The van der Waals surface area contributed by atoms with Crippen LogP contribution in [0.4, 0.5) is 0 Å². The summed E-state index contributed by atoms with van der Waals surface area (Å²) in [6.45, 7) is 3.37. The molecule has 3 unspecified atom stereocenters. The third-order valence-corrected chi connectivity index (χ3v) is 6.32. The molecule has 1 aromatic rings. The Morgan fingerprint density at radius 3 is 2.52 bits per heavy atom. The van der Waals surface area contributed by atoms with E-state index in [0.717, 1.165) is 38.6 Å². The smallest absolute Gasteiger partial charge is 0.313 e. The minimum Gasteiger partial charge on any atom is -0.462 e. The van der Waals surface area contributed by atoms with Gasteiger partial charge in [0.25, 0.3) is 0 Å². The van der Waals surface area contributed by atoms with Crippen molar-refractivity contribution in [3.63, 3.8) is 0 Å². The Balaban J connectivity index is 1.44. The van der Waals surface area contributed by atoms with Crippen molar-refractivity contribution in [2.75, 3.05) is 6.54 Å². The van der Waals surface area contributed by atoms with E-state index in [2.05, 4.69) is 30.0 Å². The first-order valence-electron chi connectivity index (χ1n) is 9.98. The molecule has 134 valence electrons. The molecule has 1 aromatic carbocycles. The molecule has 3 nitrogen and oxygen atoms in total. The number of hydrogen-bond acceptors (Lipinski definition) is 3. The highest BCUT2D eigenvalue weighted by molar-refractivity contribution is 5.89. The molecule has 25 heavy (non-hydrogen) atoms. The Morgan fingerprint density at radius 2 is 1.84 bits per heavy atom. The zero-order valence-corrected chi connectivity index (χ0v) is 15.2. The van der Waals surface area contributed by atoms with Gasteiger partial charge in [0.05, 0.1) is 5.92 Å². The molecule has 2 aliphatic heterocycles. The van der Waals surface area contributed by atoms with E-state index in [4.69, 9.17) is 4.74 Å². The van der Waals surface area contributed by atoms with Crippen LogP contribution in [0.15, 0.2) is 36.4 Å². The summed E-state index contributed by atoms with van der Waals surface area (Å²) in [6, 6.07) is 11.6. The predicted octanol–water partition coefficient (Wildman–Crippen LogP) is 4.43. The fraction of sp³-hybridized carbons (Fsp3) is 0.591. The van der Waals surface area contributed by atoms with E-state index in [1.54, 1.807) is 0 Å². The maximum atomic E-state index is 13.0. The third kappa shape index (κ3) is 3.39. The summed E-state index contributed by atoms with van der Waals surface area (Å²) in [5.74, 6) is -0.0813. The molecular formula is C22H29NO2. The van der Waals surface area contributed by atoms with Crippen molar-refractivity contribution in [1.82, 2.24) is 4.90 Å². The van der Waals surface area contributed by atoms with Crippen LogP contribution in [0.25, 0.3) is 5.57 Å². The second kappa shape index (κ2) is 7.33. The molecule has 0 saturated carbocycles. The van der Waals surface area contributed by atoms with Gasteiger partial charge < -0.3 is 4.74 Å². The molecule has 1 aliphatic carbocycles. The summed E-state index contributed by atoms with van der Waals surface area (Å²) in [6.07, 6.45) is 10.0. The molecule has 2 bridgehead atoms. The van der Waals surface area contributed by atoms with Gasteiger partial charge in [0, 0.05) is 24.9 Å². The van der Waals surface area contributed by atoms with Gasteiger partial charge in [0.2, 0.25) is 0 Å². The van der Waals surface area contributed by atoms with Crippen LogP contribution in [-0.4, -0.2) is 35.6 Å². The van der Waals surface area contributed by atoms with Gasteiger partial charge in [-0.15, -0.1) is 0 Å². The monoisotopic (exact) mass is 339 g/mol. The van der Waals surface area contributed by atoms with E-state index in [0.29, 0.717) is 12.1 Å². The van der Waals surface area contributed by atoms with E-state index < -0.39 is 0 Å². The number of hydrogen-bond donors (Lipinski definition) is 0. The van der Waals surface area contributed by atoms with Crippen molar-refractivity contribution in [3.8, 4) is 0 Å². The first-order chi connectivity index (χ1) is 12.3. The van der Waals surface area contributed by atoms with Crippen molar-refractivity contribution in [3.05, 3.63) is 42.0 Å². The van der Waals surface area contributed by atoms with Crippen LogP contribution in [-0.2, 0) is 9.53 Å². The van der Waals surface area contributed by atoms with Gasteiger partial charge in [0.1, 0.15) is 6.10 Å². The number of allylic oxidation sites excluding steroid dienone is 1. The average Bonchev–Trinajstić information content (AvgIpc) is 2.91. The Labute approximate surface area is 151 Å². The van der Waals surface area contributed by atoms with E-state index in [1.165, 1.54) is 24.0 Å². The molecule has 0 N–H and O–H groups in total. The van der Waals surface area contributed by atoms with Crippen LogP contribution in [0.5, 0.6) is 0 Å². The van der Waals surface area contributed by atoms with Crippen molar-refractivity contribution in [1.29, 1.82) is 0 Å². The number of rotatable bonds is 4. The van der Waals surface area contributed by atoms with Crippen LogP contribution in [0.2, 0.25) is 0 Å². The minimum absolute atomic E-state index is 0.00384. The van der Waals surface area contributed by atoms with Gasteiger partial charge in [-0.3, -0.25) is 9.69 Å². The summed E-state index contributed by atoms with van der Waals surface area (Å²) >= 11 is 0. The number of nitrogens with zero attached hydrogens (tertiary/aromatic N) is 1.